The van der Waals surface area contributed by atoms with Crippen LogP contribution in [-0.2, 0) is 0 Å². The van der Waals surface area contributed by atoms with Gasteiger partial charge in [-0.15, -0.1) is 0 Å². The number of aryl methyl sites for hydroxylation is 1. The molecule has 0 bridgehead atoms. The van der Waals surface area contributed by atoms with E-state index in [2.05, 4.69) is 39.1 Å². The molecule has 1 N–H and O–H groups in total. The van der Waals surface area contributed by atoms with E-state index in [1.165, 1.54) is 54.4 Å². The molecule has 1 aromatic carbocycles. The fourth-order valence-electron chi connectivity index (χ4n) is 3.17. The van der Waals surface area contributed by atoms with Gasteiger partial charge in [0, 0.05) is 12.1 Å². The minimum Gasteiger partial charge on any atom is -0.352 e. The third-order valence-electron chi connectivity index (χ3n) is 4.93. The number of hydrogen-bond acceptors (Lipinski definition) is 1. The molecule has 1 aliphatic carbocycles. The number of hydrogen-bond donors (Lipinski definition) is 1. The number of benzene rings is 1. The quantitative estimate of drug-likeness (QED) is 0.821. The zero-order chi connectivity index (χ0) is 16.1. The molecule has 0 saturated heterocycles. The van der Waals surface area contributed by atoms with Gasteiger partial charge in [-0.25, -0.2) is 0 Å². The Hall–Kier alpha value is -1.57. The van der Waals surface area contributed by atoms with Crippen molar-refractivity contribution < 1.29 is 4.79 Å². The van der Waals surface area contributed by atoms with Gasteiger partial charge in [0.25, 0.3) is 5.91 Å². The summed E-state index contributed by atoms with van der Waals surface area (Å²) in [6, 6.07) is 6.03. The van der Waals surface area contributed by atoms with E-state index in [1.807, 2.05) is 12.1 Å². The first-order valence-corrected chi connectivity index (χ1v) is 8.52. The molecule has 2 rings (SSSR count). The SMILES string of the molecule is CC(C)=C(C)c1cc(C(=O)NCC2CCCCC2)ccc1C. The lowest BCUT2D eigenvalue weighted by molar-refractivity contribution is 0.0943. The lowest BCUT2D eigenvalue weighted by Crippen LogP contribution is -2.30. The average molecular weight is 299 g/mol. The minimum absolute atomic E-state index is 0.0633. The number of nitrogens with one attached hydrogen (secondary N) is 1. The zero-order valence-electron chi connectivity index (χ0n) is 14.5. The Bertz CT molecular complexity index is 561. The molecule has 1 amide bonds. The van der Waals surface area contributed by atoms with Crippen molar-refractivity contribution in [2.24, 2.45) is 5.92 Å². The van der Waals surface area contributed by atoms with Crippen molar-refractivity contribution in [3.63, 3.8) is 0 Å². The average Bonchev–Trinajstić information content (AvgIpc) is 2.53. The van der Waals surface area contributed by atoms with Crippen LogP contribution in [0.1, 0.15) is 74.4 Å². The van der Waals surface area contributed by atoms with Crippen LogP contribution in [0, 0.1) is 12.8 Å². The van der Waals surface area contributed by atoms with Gasteiger partial charge < -0.3 is 5.32 Å². The summed E-state index contributed by atoms with van der Waals surface area (Å²) in [5.74, 6) is 0.732. The van der Waals surface area contributed by atoms with Crippen LogP contribution in [-0.4, -0.2) is 12.5 Å². The standard InChI is InChI=1S/C20H29NO/c1-14(2)16(4)19-12-18(11-10-15(19)3)20(22)21-13-17-8-6-5-7-9-17/h10-12,17H,5-9,13H2,1-4H3,(H,21,22). The van der Waals surface area contributed by atoms with Crippen LogP contribution in [0.3, 0.4) is 0 Å². The van der Waals surface area contributed by atoms with Crippen molar-refractivity contribution >= 4 is 11.5 Å². The van der Waals surface area contributed by atoms with Gasteiger partial charge in [-0.05, 0) is 75.3 Å². The van der Waals surface area contributed by atoms with E-state index >= 15 is 0 Å². The molecule has 0 aliphatic heterocycles. The third-order valence-corrected chi connectivity index (χ3v) is 4.93. The predicted molar refractivity (Wildman–Crippen MR) is 94.0 cm³/mol. The van der Waals surface area contributed by atoms with Gasteiger partial charge >= 0.3 is 0 Å². The summed E-state index contributed by atoms with van der Waals surface area (Å²) in [5, 5.41) is 3.13. The Morgan fingerprint density at radius 3 is 2.45 bits per heavy atom. The van der Waals surface area contributed by atoms with Crippen molar-refractivity contribution in [2.75, 3.05) is 6.54 Å². The number of carbonyl (C=O) groups excluding carboxylic acids is 1. The second kappa shape index (κ2) is 7.62. The van der Waals surface area contributed by atoms with Gasteiger partial charge in [0.2, 0.25) is 0 Å². The molecule has 1 saturated carbocycles. The summed E-state index contributed by atoms with van der Waals surface area (Å²) >= 11 is 0. The normalized spacial score (nSPS) is 15.5. The van der Waals surface area contributed by atoms with Gasteiger partial charge in [0.05, 0.1) is 0 Å². The highest BCUT2D eigenvalue weighted by Crippen LogP contribution is 2.24. The molecule has 0 heterocycles. The first-order chi connectivity index (χ1) is 10.5. The van der Waals surface area contributed by atoms with E-state index in [4.69, 9.17) is 0 Å². The molecule has 1 aromatic rings. The Morgan fingerprint density at radius 2 is 1.82 bits per heavy atom. The molecule has 1 fully saturated rings. The second-order valence-corrected chi connectivity index (χ2v) is 6.87. The number of rotatable bonds is 4. The van der Waals surface area contributed by atoms with E-state index in [9.17, 15) is 4.79 Å². The summed E-state index contributed by atoms with van der Waals surface area (Å²) in [4.78, 5) is 12.4. The maximum atomic E-state index is 12.4. The van der Waals surface area contributed by atoms with Crippen LogP contribution < -0.4 is 5.32 Å². The van der Waals surface area contributed by atoms with Crippen molar-refractivity contribution in [1.29, 1.82) is 0 Å². The van der Waals surface area contributed by atoms with Gasteiger partial charge in [-0.2, -0.15) is 0 Å². The lowest BCUT2D eigenvalue weighted by atomic mass is 9.89. The highest BCUT2D eigenvalue weighted by Gasteiger charge is 2.15. The summed E-state index contributed by atoms with van der Waals surface area (Å²) < 4.78 is 0. The summed E-state index contributed by atoms with van der Waals surface area (Å²) in [6.45, 7) is 9.28. The molecule has 0 radical (unpaired) electrons. The van der Waals surface area contributed by atoms with Gasteiger partial charge in [0.1, 0.15) is 0 Å². The summed E-state index contributed by atoms with van der Waals surface area (Å²) in [5.41, 5.74) is 5.74. The van der Waals surface area contributed by atoms with Gasteiger partial charge in [0.15, 0.2) is 0 Å². The molecule has 2 nitrogen and oxygen atoms in total. The van der Waals surface area contributed by atoms with Crippen LogP contribution in [0.15, 0.2) is 23.8 Å². The molecule has 2 heteroatoms. The minimum atomic E-state index is 0.0633. The monoisotopic (exact) mass is 299 g/mol. The molecule has 0 unspecified atom stereocenters. The van der Waals surface area contributed by atoms with Crippen LogP contribution >= 0.6 is 0 Å². The fraction of sp³-hybridized carbons (Fsp3) is 0.550. The van der Waals surface area contributed by atoms with E-state index in [0.717, 1.165) is 12.1 Å². The van der Waals surface area contributed by atoms with Gasteiger partial charge in [-0.1, -0.05) is 30.9 Å². The largest absolute Gasteiger partial charge is 0.352 e. The highest BCUT2D eigenvalue weighted by atomic mass is 16.1. The molecular weight excluding hydrogens is 270 g/mol. The summed E-state index contributed by atoms with van der Waals surface area (Å²) in [6.07, 6.45) is 6.50. The topological polar surface area (TPSA) is 29.1 Å². The molecule has 0 atom stereocenters. The van der Waals surface area contributed by atoms with Crippen LogP contribution in [0.4, 0.5) is 0 Å². The van der Waals surface area contributed by atoms with Crippen LogP contribution in [0.2, 0.25) is 0 Å². The van der Waals surface area contributed by atoms with Crippen molar-refractivity contribution in [2.45, 2.75) is 59.8 Å². The Morgan fingerprint density at radius 1 is 1.14 bits per heavy atom. The Labute approximate surface area is 135 Å². The summed E-state index contributed by atoms with van der Waals surface area (Å²) in [7, 11) is 0. The van der Waals surface area contributed by atoms with Gasteiger partial charge in [-0.3, -0.25) is 4.79 Å². The molecule has 120 valence electrons. The maximum absolute atomic E-state index is 12.4. The van der Waals surface area contributed by atoms with E-state index in [-0.39, 0.29) is 5.91 Å². The Balaban J connectivity index is 2.06. The number of carbonyl (C=O) groups is 1. The van der Waals surface area contributed by atoms with E-state index in [0.29, 0.717) is 5.92 Å². The van der Waals surface area contributed by atoms with Crippen molar-refractivity contribution in [3.05, 3.63) is 40.5 Å². The maximum Gasteiger partial charge on any atom is 0.251 e. The number of allylic oxidation sites excluding steroid dienone is 2. The van der Waals surface area contributed by atoms with Crippen LogP contribution in [0.5, 0.6) is 0 Å². The van der Waals surface area contributed by atoms with E-state index in [1.54, 1.807) is 0 Å². The lowest BCUT2D eigenvalue weighted by Gasteiger charge is -2.21. The van der Waals surface area contributed by atoms with E-state index < -0.39 is 0 Å². The second-order valence-electron chi connectivity index (χ2n) is 6.87. The Kier molecular flexibility index (Phi) is 5.82. The first kappa shape index (κ1) is 16.8. The van der Waals surface area contributed by atoms with Crippen LogP contribution in [0.25, 0.3) is 5.57 Å². The molecule has 0 spiro atoms. The molecular formula is C20H29NO. The highest BCUT2D eigenvalue weighted by molar-refractivity contribution is 5.95. The molecule has 22 heavy (non-hydrogen) atoms. The predicted octanol–water partition coefficient (Wildman–Crippen LogP) is 5.12. The van der Waals surface area contributed by atoms with Crippen molar-refractivity contribution in [1.82, 2.24) is 5.32 Å². The first-order valence-electron chi connectivity index (χ1n) is 8.52. The number of amides is 1. The molecule has 1 aliphatic rings. The molecule has 0 aromatic heterocycles. The fourth-order valence-corrected chi connectivity index (χ4v) is 3.17. The third kappa shape index (κ3) is 4.22. The van der Waals surface area contributed by atoms with Crippen molar-refractivity contribution in [3.8, 4) is 0 Å². The smallest absolute Gasteiger partial charge is 0.251 e. The zero-order valence-corrected chi connectivity index (χ0v) is 14.5.